The van der Waals surface area contributed by atoms with E-state index >= 15 is 0 Å². The van der Waals surface area contributed by atoms with Gasteiger partial charge >= 0.3 is 0 Å². The van der Waals surface area contributed by atoms with Crippen molar-refractivity contribution in [2.24, 2.45) is 10.8 Å². The van der Waals surface area contributed by atoms with Gasteiger partial charge in [-0.3, -0.25) is 0 Å². The summed E-state index contributed by atoms with van der Waals surface area (Å²) in [6.07, 6.45) is 11.2. The Morgan fingerprint density at radius 1 is 1.15 bits per heavy atom. The molecule has 0 saturated heterocycles. The normalized spacial score (nSPS) is 26.8. The molecule has 2 aliphatic carbocycles. The van der Waals surface area contributed by atoms with E-state index in [0.29, 0.717) is 5.41 Å². The van der Waals surface area contributed by atoms with E-state index in [4.69, 9.17) is 0 Å². The number of allylic oxidation sites excluding steroid dienone is 2. The zero-order chi connectivity index (χ0) is 9.53. The highest BCUT2D eigenvalue weighted by atomic mass is 14.4. The fourth-order valence-corrected chi connectivity index (χ4v) is 2.76. The minimum Gasteiger partial charge on any atom is -0.0842 e. The van der Waals surface area contributed by atoms with Crippen molar-refractivity contribution in [2.75, 3.05) is 0 Å². The Morgan fingerprint density at radius 2 is 1.85 bits per heavy atom. The molecule has 0 radical (unpaired) electrons. The van der Waals surface area contributed by atoms with E-state index in [-0.39, 0.29) is 0 Å². The molecule has 0 heteroatoms. The monoisotopic (exact) mass is 178 g/mol. The van der Waals surface area contributed by atoms with Gasteiger partial charge in [0.25, 0.3) is 0 Å². The van der Waals surface area contributed by atoms with Crippen LogP contribution in [-0.2, 0) is 0 Å². The second-order valence-corrected chi connectivity index (χ2v) is 6.04. The summed E-state index contributed by atoms with van der Waals surface area (Å²) in [7, 11) is 0. The highest BCUT2D eigenvalue weighted by Crippen LogP contribution is 2.52. The van der Waals surface area contributed by atoms with E-state index in [0.717, 1.165) is 5.41 Å². The summed E-state index contributed by atoms with van der Waals surface area (Å²) in [6, 6.07) is 0. The van der Waals surface area contributed by atoms with Gasteiger partial charge in [-0.25, -0.2) is 0 Å². The van der Waals surface area contributed by atoms with Gasteiger partial charge in [-0.1, -0.05) is 38.8 Å². The molecule has 13 heavy (non-hydrogen) atoms. The number of hydrogen-bond donors (Lipinski definition) is 0. The second kappa shape index (κ2) is 2.87. The van der Waals surface area contributed by atoms with Gasteiger partial charge in [0.15, 0.2) is 0 Å². The first-order chi connectivity index (χ1) is 6.02. The fraction of sp³-hybridized carbons (Fsp3) is 0.846. The van der Waals surface area contributed by atoms with Crippen molar-refractivity contribution in [3.63, 3.8) is 0 Å². The molecule has 0 bridgehead atoms. The van der Waals surface area contributed by atoms with Gasteiger partial charge < -0.3 is 0 Å². The highest BCUT2D eigenvalue weighted by Gasteiger charge is 2.38. The van der Waals surface area contributed by atoms with Crippen LogP contribution in [0.4, 0.5) is 0 Å². The quantitative estimate of drug-likeness (QED) is 0.485. The molecule has 0 atom stereocenters. The predicted molar refractivity (Wildman–Crippen MR) is 57.7 cm³/mol. The Kier molecular flexibility index (Phi) is 2.05. The van der Waals surface area contributed by atoms with Crippen LogP contribution in [0.3, 0.4) is 0 Å². The van der Waals surface area contributed by atoms with E-state index < -0.39 is 0 Å². The maximum Gasteiger partial charge on any atom is -0.0173 e. The van der Waals surface area contributed by atoms with Crippen LogP contribution in [-0.4, -0.2) is 0 Å². The summed E-state index contributed by atoms with van der Waals surface area (Å²) in [6.45, 7) is 7.03. The van der Waals surface area contributed by atoms with Crippen LogP contribution in [0.15, 0.2) is 11.6 Å². The lowest BCUT2D eigenvalue weighted by molar-refractivity contribution is 0.112. The molecule has 0 aliphatic heterocycles. The SMILES string of the molecule is CC(C)(C)C1=CCC2(CCC2)CC1. The summed E-state index contributed by atoms with van der Waals surface area (Å²) in [5.41, 5.74) is 2.89. The lowest BCUT2D eigenvalue weighted by atomic mass is 9.60. The Morgan fingerprint density at radius 3 is 2.15 bits per heavy atom. The maximum atomic E-state index is 2.54. The number of rotatable bonds is 0. The molecule has 0 amide bonds. The first-order valence-electron chi connectivity index (χ1n) is 5.71. The molecule has 74 valence electrons. The predicted octanol–water partition coefficient (Wildman–Crippen LogP) is 4.31. The van der Waals surface area contributed by atoms with Crippen molar-refractivity contribution in [1.29, 1.82) is 0 Å². The van der Waals surface area contributed by atoms with Crippen LogP contribution in [0.5, 0.6) is 0 Å². The molecular formula is C13H22. The van der Waals surface area contributed by atoms with Crippen LogP contribution >= 0.6 is 0 Å². The van der Waals surface area contributed by atoms with E-state index in [2.05, 4.69) is 26.8 Å². The first kappa shape index (κ1) is 9.30. The Balaban J connectivity index is 2.04. The lowest BCUT2D eigenvalue weighted by Gasteiger charge is -2.45. The third-order valence-electron chi connectivity index (χ3n) is 4.08. The third kappa shape index (κ3) is 1.68. The molecule has 1 saturated carbocycles. The van der Waals surface area contributed by atoms with Gasteiger partial charge in [-0.05, 0) is 42.9 Å². The van der Waals surface area contributed by atoms with E-state index in [9.17, 15) is 0 Å². The van der Waals surface area contributed by atoms with E-state index in [1.165, 1.54) is 38.5 Å². The van der Waals surface area contributed by atoms with Gasteiger partial charge in [-0.15, -0.1) is 0 Å². The highest BCUT2D eigenvalue weighted by molar-refractivity contribution is 5.17. The largest absolute Gasteiger partial charge is 0.0842 e. The molecular weight excluding hydrogens is 156 g/mol. The van der Waals surface area contributed by atoms with Crippen LogP contribution in [0, 0.1) is 10.8 Å². The second-order valence-electron chi connectivity index (χ2n) is 6.04. The van der Waals surface area contributed by atoms with Crippen molar-refractivity contribution < 1.29 is 0 Å². The Bertz CT molecular complexity index is 223. The van der Waals surface area contributed by atoms with Crippen molar-refractivity contribution in [3.05, 3.63) is 11.6 Å². The van der Waals surface area contributed by atoms with Crippen molar-refractivity contribution in [1.82, 2.24) is 0 Å². The Hall–Kier alpha value is -0.260. The Labute approximate surface area is 82.4 Å². The van der Waals surface area contributed by atoms with Crippen LogP contribution in [0.25, 0.3) is 0 Å². The van der Waals surface area contributed by atoms with Gasteiger partial charge in [0.2, 0.25) is 0 Å². The van der Waals surface area contributed by atoms with Crippen molar-refractivity contribution in [2.45, 2.75) is 59.3 Å². The van der Waals surface area contributed by atoms with Gasteiger partial charge in [-0.2, -0.15) is 0 Å². The summed E-state index contributed by atoms with van der Waals surface area (Å²) in [5, 5.41) is 0. The molecule has 0 N–H and O–H groups in total. The molecule has 0 heterocycles. The molecule has 0 aromatic carbocycles. The molecule has 0 aromatic heterocycles. The minimum atomic E-state index is 0.422. The molecule has 0 unspecified atom stereocenters. The summed E-state index contributed by atoms with van der Waals surface area (Å²) in [5.74, 6) is 0. The zero-order valence-electron chi connectivity index (χ0n) is 9.32. The summed E-state index contributed by atoms with van der Waals surface area (Å²) < 4.78 is 0. The molecule has 0 nitrogen and oxygen atoms in total. The zero-order valence-corrected chi connectivity index (χ0v) is 9.32. The summed E-state index contributed by atoms with van der Waals surface area (Å²) >= 11 is 0. The first-order valence-corrected chi connectivity index (χ1v) is 5.71. The molecule has 2 rings (SSSR count). The minimum absolute atomic E-state index is 0.422. The molecule has 1 spiro atoms. The number of hydrogen-bond acceptors (Lipinski definition) is 0. The van der Waals surface area contributed by atoms with Crippen LogP contribution < -0.4 is 0 Å². The summed E-state index contributed by atoms with van der Waals surface area (Å²) in [4.78, 5) is 0. The van der Waals surface area contributed by atoms with Crippen molar-refractivity contribution in [3.8, 4) is 0 Å². The van der Waals surface area contributed by atoms with Crippen LogP contribution in [0.1, 0.15) is 59.3 Å². The van der Waals surface area contributed by atoms with Gasteiger partial charge in [0, 0.05) is 0 Å². The molecule has 1 fully saturated rings. The van der Waals surface area contributed by atoms with E-state index in [1.807, 2.05) is 0 Å². The molecule has 0 aromatic rings. The topological polar surface area (TPSA) is 0 Å². The third-order valence-corrected chi connectivity index (χ3v) is 4.08. The van der Waals surface area contributed by atoms with Gasteiger partial charge in [0.05, 0.1) is 0 Å². The van der Waals surface area contributed by atoms with Gasteiger partial charge in [0.1, 0.15) is 0 Å². The van der Waals surface area contributed by atoms with Crippen LogP contribution in [0.2, 0.25) is 0 Å². The van der Waals surface area contributed by atoms with Crippen molar-refractivity contribution >= 4 is 0 Å². The lowest BCUT2D eigenvalue weighted by Crippen LogP contribution is -2.32. The smallest absolute Gasteiger partial charge is 0.0173 e. The van der Waals surface area contributed by atoms with E-state index in [1.54, 1.807) is 5.57 Å². The average molecular weight is 178 g/mol. The fourth-order valence-electron chi connectivity index (χ4n) is 2.76. The maximum absolute atomic E-state index is 2.54. The average Bonchev–Trinajstić information content (AvgIpc) is 2.00. The standard InChI is InChI=1S/C13H22/c1-12(2,3)11-5-9-13(10-6-11)7-4-8-13/h5H,4,6-10H2,1-3H3. The molecule has 2 aliphatic rings.